The maximum atomic E-state index is 14.0. The molecule has 0 saturated carbocycles. The van der Waals surface area contributed by atoms with Gasteiger partial charge in [-0.1, -0.05) is 5.16 Å². The summed E-state index contributed by atoms with van der Waals surface area (Å²) in [5, 5.41) is 22.7. The van der Waals surface area contributed by atoms with E-state index >= 15 is 0 Å². The van der Waals surface area contributed by atoms with Crippen LogP contribution in [0.2, 0.25) is 0 Å². The number of benzene rings is 1. The lowest BCUT2D eigenvalue weighted by Gasteiger charge is -2.37. The lowest BCUT2D eigenvalue weighted by molar-refractivity contribution is 0.00213. The molecule has 2 atom stereocenters. The third-order valence-corrected chi connectivity index (χ3v) is 3.89. The zero-order chi connectivity index (χ0) is 18.8. The van der Waals surface area contributed by atoms with E-state index in [1.165, 1.54) is 4.90 Å². The van der Waals surface area contributed by atoms with Gasteiger partial charge in [0, 0.05) is 30.6 Å². The monoisotopic (exact) mass is 356 g/mol. The van der Waals surface area contributed by atoms with E-state index in [9.17, 15) is 23.9 Å². The molecule has 0 bridgehead atoms. The van der Waals surface area contributed by atoms with Crippen molar-refractivity contribution in [1.82, 2.24) is 4.90 Å². The Morgan fingerprint density at radius 3 is 2.60 bits per heavy atom. The number of nitrogens with zero attached hydrogens (tertiary/aromatic N) is 2. The molecule has 8 heteroatoms. The molecule has 1 amide bonds. The zero-order valence-corrected chi connectivity index (χ0v) is 14.4. The number of piperidine rings is 1. The van der Waals surface area contributed by atoms with Crippen molar-refractivity contribution in [2.24, 2.45) is 11.1 Å². The number of hydrogen-bond donors (Lipinski definition) is 2. The largest absolute Gasteiger partial charge is 0.444 e. The van der Waals surface area contributed by atoms with Crippen molar-refractivity contribution in [2.75, 3.05) is 13.1 Å². The minimum absolute atomic E-state index is 0.00765. The first kappa shape index (κ1) is 19.1. The maximum absolute atomic E-state index is 14.0. The maximum Gasteiger partial charge on any atom is 0.410 e. The number of likely N-dealkylation sites (tertiary alicyclic amines) is 1. The summed E-state index contributed by atoms with van der Waals surface area (Å²) in [5.74, 6) is -2.50. The molecule has 1 aromatic carbocycles. The number of carbonyl (C=O) groups excluding carboxylic acids is 1. The Labute approximate surface area is 144 Å². The molecule has 0 aliphatic carbocycles. The van der Waals surface area contributed by atoms with E-state index < -0.39 is 35.4 Å². The summed E-state index contributed by atoms with van der Waals surface area (Å²) < 4.78 is 32.4. The number of rotatable bonds is 2. The Bertz CT molecular complexity index is 673. The smallest absolute Gasteiger partial charge is 0.410 e. The van der Waals surface area contributed by atoms with E-state index in [1.54, 1.807) is 20.8 Å². The van der Waals surface area contributed by atoms with Crippen LogP contribution in [0.1, 0.15) is 32.8 Å². The molecule has 25 heavy (non-hydrogen) atoms. The standard InChI is InChI=1S/C17H22F2N2O4/c1-17(2,3)25-16(23)21-7-6-14(22)12(9-21)15(20-24)11-5-4-10(18)8-13(11)19/h4-5,8,12,14,22,24H,6-7,9H2,1-3H3/b20-15-. The summed E-state index contributed by atoms with van der Waals surface area (Å²) >= 11 is 0. The summed E-state index contributed by atoms with van der Waals surface area (Å²) in [7, 11) is 0. The molecule has 2 rings (SSSR count). The second-order valence-corrected chi connectivity index (χ2v) is 7.00. The lowest BCUT2D eigenvalue weighted by atomic mass is 9.86. The Hall–Kier alpha value is -2.22. The molecular weight excluding hydrogens is 334 g/mol. The average Bonchev–Trinajstić information content (AvgIpc) is 2.49. The SMILES string of the molecule is CC(C)(C)OC(=O)N1CCC(O)C(/C(=N\O)c2ccc(F)cc2F)C1. The van der Waals surface area contributed by atoms with Crippen LogP contribution in [0, 0.1) is 17.6 Å². The van der Waals surface area contributed by atoms with Crippen molar-refractivity contribution in [3.8, 4) is 0 Å². The molecule has 1 saturated heterocycles. The van der Waals surface area contributed by atoms with E-state index in [0.29, 0.717) is 6.07 Å². The molecule has 1 fully saturated rings. The number of oxime groups is 1. The zero-order valence-electron chi connectivity index (χ0n) is 14.4. The van der Waals surface area contributed by atoms with E-state index in [4.69, 9.17) is 4.74 Å². The minimum atomic E-state index is -0.936. The summed E-state index contributed by atoms with van der Waals surface area (Å²) in [4.78, 5) is 13.6. The number of hydrogen-bond acceptors (Lipinski definition) is 5. The Kier molecular flexibility index (Phi) is 5.62. The molecule has 0 aromatic heterocycles. The van der Waals surface area contributed by atoms with E-state index in [0.717, 1.165) is 12.1 Å². The molecule has 0 spiro atoms. The number of aliphatic hydroxyl groups is 1. The van der Waals surface area contributed by atoms with Crippen LogP contribution in [0.5, 0.6) is 0 Å². The van der Waals surface area contributed by atoms with E-state index in [2.05, 4.69) is 5.16 Å². The number of halogens is 2. The lowest BCUT2D eigenvalue weighted by Crippen LogP contribution is -2.50. The second kappa shape index (κ2) is 7.35. The first-order valence-electron chi connectivity index (χ1n) is 7.95. The number of amides is 1. The number of carbonyl (C=O) groups is 1. The van der Waals surface area contributed by atoms with Gasteiger partial charge in [0.25, 0.3) is 0 Å². The molecule has 138 valence electrons. The van der Waals surface area contributed by atoms with Gasteiger partial charge in [0.2, 0.25) is 0 Å². The van der Waals surface area contributed by atoms with E-state index in [-0.39, 0.29) is 30.8 Å². The van der Waals surface area contributed by atoms with Crippen molar-refractivity contribution in [3.05, 3.63) is 35.4 Å². The summed E-state index contributed by atoms with van der Waals surface area (Å²) in [6.45, 7) is 5.45. The topological polar surface area (TPSA) is 82.4 Å². The molecule has 2 unspecified atom stereocenters. The van der Waals surface area contributed by atoms with Crippen LogP contribution in [0.15, 0.2) is 23.4 Å². The quantitative estimate of drug-likeness (QED) is 0.485. The highest BCUT2D eigenvalue weighted by atomic mass is 19.1. The number of ether oxygens (including phenoxy) is 1. The first-order valence-corrected chi connectivity index (χ1v) is 7.95. The van der Waals surface area contributed by atoms with Gasteiger partial charge >= 0.3 is 6.09 Å². The first-order chi connectivity index (χ1) is 11.6. The van der Waals surface area contributed by atoms with Gasteiger partial charge < -0.3 is 20.0 Å². The molecule has 0 radical (unpaired) electrons. The highest BCUT2D eigenvalue weighted by Gasteiger charge is 2.37. The summed E-state index contributed by atoms with van der Waals surface area (Å²) in [6, 6.07) is 2.84. The van der Waals surface area contributed by atoms with Crippen LogP contribution in [0.25, 0.3) is 0 Å². The van der Waals surface area contributed by atoms with Gasteiger partial charge in [-0.2, -0.15) is 0 Å². The Morgan fingerprint density at radius 2 is 2.04 bits per heavy atom. The Balaban J connectivity index is 2.24. The van der Waals surface area contributed by atoms with Crippen molar-refractivity contribution >= 4 is 11.8 Å². The molecule has 1 aliphatic rings. The van der Waals surface area contributed by atoms with Gasteiger partial charge in [-0.25, -0.2) is 13.6 Å². The van der Waals surface area contributed by atoms with Crippen LogP contribution in [-0.4, -0.2) is 51.8 Å². The fraction of sp³-hybridized carbons (Fsp3) is 0.529. The normalized spacial score (nSPS) is 22.0. The fourth-order valence-electron chi connectivity index (χ4n) is 2.73. The van der Waals surface area contributed by atoms with E-state index in [1.807, 2.05) is 0 Å². The molecule has 1 aliphatic heterocycles. The van der Waals surface area contributed by atoms with Crippen LogP contribution in [0.4, 0.5) is 13.6 Å². The van der Waals surface area contributed by atoms with Crippen LogP contribution in [-0.2, 0) is 4.74 Å². The minimum Gasteiger partial charge on any atom is -0.444 e. The van der Waals surface area contributed by atoms with Gasteiger partial charge in [0.15, 0.2) is 0 Å². The van der Waals surface area contributed by atoms with Gasteiger partial charge in [-0.3, -0.25) is 0 Å². The third-order valence-electron chi connectivity index (χ3n) is 3.89. The third kappa shape index (κ3) is 4.66. The highest BCUT2D eigenvalue weighted by Crippen LogP contribution is 2.25. The molecule has 6 nitrogen and oxygen atoms in total. The van der Waals surface area contributed by atoms with Crippen molar-refractivity contribution < 1.29 is 28.6 Å². The molecule has 2 N–H and O–H groups in total. The van der Waals surface area contributed by atoms with Gasteiger partial charge in [0.1, 0.15) is 17.2 Å². The summed E-state index contributed by atoms with van der Waals surface area (Å²) in [6.07, 6.45) is -1.29. The van der Waals surface area contributed by atoms with Crippen LogP contribution >= 0.6 is 0 Å². The molecule has 1 aromatic rings. The van der Waals surface area contributed by atoms with Gasteiger partial charge in [-0.05, 0) is 39.3 Å². The number of aliphatic hydroxyl groups excluding tert-OH is 1. The van der Waals surface area contributed by atoms with Crippen molar-refractivity contribution in [3.63, 3.8) is 0 Å². The highest BCUT2D eigenvalue weighted by molar-refractivity contribution is 6.02. The second-order valence-electron chi connectivity index (χ2n) is 7.00. The van der Waals surface area contributed by atoms with Crippen LogP contribution < -0.4 is 0 Å². The van der Waals surface area contributed by atoms with Crippen LogP contribution in [0.3, 0.4) is 0 Å². The predicted octanol–water partition coefficient (Wildman–Crippen LogP) is 2.76. The average molecular weight is 356 g/mol. The molecular formula is C17H22F2N2O4. The summed E-state index contributed by atoms with van der Waals surface area (Å²) in [5.41, 5.74) is -0.947. The van der Waals surface area contributed by atoms with Gasteiger partial charge in [0.05, 0.1) is 11.8 Å². The predicted molar refractivity (Wildman–Crippen MR) is 86.6 cm³/mol. The van der Waals surface area contributed by atoms with Crippen molar-refractivity contribution in [1.29, 1.82) is 0 Å². The fourth-order valence-corrected chi connectivity index (χ4v) is 2.73. The van der Waals surface area contributed by atoms with Crippen molar-refractivity contribution in [2.45, 2.75) is 38.9 Å². The van der Waals surface area contributed by atoms with Gasteiger partial charge in [-0.15, -0.1) is 0 Å². The molecule has 1 heterocycles. The Morgan fingerprint density at radius 1 is 1.36 bits per heavy atom.